The summed E-state index contributed by atoms with van der Waals surface area (Å²) in [5, 5.41) is 0. The number of nitrogens with two attached hydrogens (primary N) is 1. The minimum atomic E-state index is 0. The van der Waals surface area contributed by atoms with Crippen molar-refractivity contribution in [3.63, 3.8) is 0 Å². The molecule has 0 aliphatic carbocycles. The summed E-state index contributed by atoms with van der Waals surface area (Å²) in [6.45, 7) is 4.25. The van der Waals surface area contributed by atoms with Crippen LogP contribution in [0.2, 0.25) is 0 Å². The Labute approximate surface area is 55.4 Å². The first kappa shape index (κ1) is 30.2. The SMILES string of the molecule is C.CCC.[NH2-].[W]. The first-order valence-corrected chi connectivity index (χ1v) is 1.41. The molecule has 2 N–H and O–H groups in total. The van der Waals surface area contributed by atoms with E-state index < -0.39 is 0 Å². The van der Waals surface area contributed by atoms with Gasteiger partial charge in [0.2, 0.25) is 0 Å². The van der Waals surface area contributed by atoms with Crippen LogP contribution in [0.4, 0.5) is 0 Å². The summed E-state index contributed by atoms with van der Waals surface area (Å²) in [4.78, 5) is 0. The molecule has 0 bridgehead atoms. The van der Waals surface area contributed by atoms with Crippen molar-refractivity contribution < 1.29 is 21.1 Å². The first-order valence-electron chi connectivity index (χ1n) is 1.41. The fourth-order valence-corrected chi connectivity index (χ4v) is 0. The predicted octanol–water partition coefficient (Wildman–Crippen LogP) is 2.77. The molecule has 0 spiro atoms. The van der Waals surface area contributed by atoms with E-state index in [0.29, 0.717) is 0 Å². The Morgan fingerprint density at radius 2 is 1.17 bits per heavy atom. The van der Waals surface area contributed by atoms with Gasteiger partial charge in [-0.2, -0.15) is 0 Å². The largest absolute Gasteiger partial charge is 0.693 e. The molecule has 0 atom stereocenters. The van der Waals surface area contributed by atoms with Gasteiger partial charge >= 0.3 is 0 Å². The van der Waals surface area contributed by atoms with Gasteiger partial charge in [-0.25, -0.2) is 0 Å². The van der Waals surface area contributed by atoms with Gasteiger partial charge in [0.05, 0.1) is 0 Å². The molecule has 0 saturated carbocycles. The van der Waals surface area contributed by atoms with Crippen molar-refractivity contribution in [2.45, 2.75) is 27.7 Å². The van der Waals surface area contributed by atoms with Gasteiger partial charge in [0.15, 0.2) is 0 Å². The Balaban J connectivity index is -0.00000000667. The van der Waals surface area contributed by atoms with Crippen molar-refractivity contribution in [3.05, 3.63) is 6.15 Å². The van der Waals surface area contributed by atoms with E-state index in [-0.39, 0.29) is 34.6 Å². The minimum absolute atomic E-state index is 0. The predicted molar refractivity (Wildman–Crippen MR) is 28.0 cm³/mol. The maximum Gasteiger partial charge on any atom is 0 e. The van der Waals surface area contributed by atoms with Crippen molar-refractivity contribution in [3.8, 4) is 0 Å². The van der Waals surface area contributed by atoms with E-state index in [1.54, 1.807) is 0 Å². The average Bonchev–Trinajstić information content (AvgIpc) is 0.918. The molecule has 42 valence electrons. The standard InChI is InChI=1S/C3H8.CH4.H2N.W/c1-3-2;;;/h3H2,1-2H3;1H4;1H2;/q;;-1;. The summed E-state index contributed by atoms with van der Waals surface area (Å²) < 4.78 is 0. The third-order valence-electron chi connectivity index (χ3n) is 0. The van der Waals surface area contributed by atoms with Crippen LogP contribution in [0, 0.1) is 0 Å². The fourth-order valence-electron chi connectivity index (χ4n) is 0. The summed E-state index contributed by atoms with van der Waals surface area (Å²) in [5.41, 5.74) is 0. The van der Waals surface area contributed by atoms with Gasteiger partial charge in [-0.05, 0) is 0 Å². The van der Waals surface area contributed by atoms with E-state index in [1.165, 1.54) is 6.42 Å². The van der Waals surface area contributed by atoms with Crippen LogP contribution in [0.5, 0.6) is 0 Å². The van der Waals surface area contributed by atoms with Crippen LogP contribution in [0.25, 0.3) is 6.15 Å². The summed E-state index contributed by atoms with van der Waals surface area (Å²) >= 11 is 0. The average molecular weight is 260 g/mol. The Hall–Kier alpha value is 0.648. The van der Waals surface area contributed by atoms with Crippen LogP contribution in [0.15, 0.2) is 0 Å². The van der Waals surface area contributed by atoms with Crippen molar-refractivity contribution in [1.82, 2.24) is 0 Å². The summed E-state index contributed by atoms with van der Waals surface area (Å²) in [5.74, 6) is 0. The van der Waals surface area contributed by atoms with Crippen LogP contribution in [0.3, 0.4) is 0 Å². The molecule has 0 aromatic carbocycles. The summed E-state index contributed by atoms with van der Waals surface area (Å²) in [7, 11) is 0. The van der Waals surface area contributed by atoms with Crippen LogP contribution in [0.1, 0.15) is 27.7 Å². The van der Waals surface area contributed by atoms with Crippen LogP contribution >= 0.6 is 0 Å². The Bertz CT molecular complexity index is 7.51. The van der Waals surface area contributed by atoms with E-state index >= 15 is 0 Å². The second kappa shape index (κ2) is 44.9. The second-order valence-corrected chi connectivity index (χ2v) is 0.707. The van der Waals surface area contributed by atoms with Gasteiger partial charge in [-0.1, -0.05) is 27.7 Å². The molecule has 1 nitrogen and oxygen atoms in total. The molecular weight excluding hydrogens is 246 g/mol. The molecule has 0 aromatic rings. The molecule has 2 heteroatoms. The fraction of sp³-hybridized carbons (Fsp3) is 1.00. The van der Waals surface area contributed by atoms with Crippen molar-refractivity contribution >= 4 is 0 Å². The van der Waals surface area contributed by atoms with E-state index in [1.807, 2.05) is 0 Å². The molecule has 0 unspecified atom stereocenters. The van der Waals surface area contributed by atoms with Crippen molar-refractivity contribution in [2.24, 2.45) is 0 Å². The molecule has 0 aliphatic heterocycles. The zero-order chi connectivity index (χ0) is 2.71. The van der Waals surface area contributed by atoms with Crippen LogP contribution in [-0.2, 0) is 21.1 Å². The quantitative estimate of drug-likeness (QED) is 0.641. The number of hydrogen-bond donors (Lipinski definition) is 0. The van der Waals surface area contributed by atoms with Gasteiger partial charge in [-0.3, -0.25) is 0 Å². The van der Waals surface area contributed by atoms with Crippen LogP contribution in [-0.4, -0.2) is 0 Å². The smallest absolute Gasteiger partial charge is 0 e. The molecule has 0 heterocycles. The third kappa shape index (κ3) is 147. The van der Waals surface area contributed by atoms with Gasteiger partial charge in [0.25, 0.3) is 0 Å². The van der Waals surface area contributed by atoms with Gasteiger partial charge in [0, 0.05) is 21.1 Å². The third-order valence-corrected chi connectivity index (χ3v) is 0. The molecule has 0 rings (SSSR count). The topological polar surface area (TPSA) is 33.5 Å². The molecule has 0 saturated heterocycles. The van der Waals surface area contributed by atoms with Gasteiger partial charge in [-0.15, -0.1) is 0 Å². The minimum Gasteiger partial charge on any atom is -0.693 e. The summed E-state index contributed by atoms with van der Waals surface area (Å²) in [6, 6.07) is 0. The molecular formula is C4H14NW-. The Morgan fingerprint density at radius 3 is 1.17 bits per heavy atom. The molecule has 0 aromatic heterocycles. The molecule has 0 fully saturated rings. The first-order chi connectivity index (χ1) is 1.41. The van der Waals surface area contributed by atoms with Gasteiger partial charge < -0.3 is 6.15 Å². The zero-order valence-corrected chi connectivity index (χ0v) is 6.63. The zero-order valence-electron chi connectivity index (χ0n) is 3.69. The van der Waals surface area contributed by atoms with Crippen molar-refractivity contribution in [1.29, 1.82) is 0 Å². The molecule has 0 aliphatic rings. The Morgan fingerprint density at radius 1 is 1.17 bits per heavy atom. The van der Waals surface area contributed by atoms with E-state index in [2.05, 4.69) is 13.8 Å². The summed E-state index contributed by atoms with van der Waals surface area (Å²) in [6.07, 6.45) is 1.25. The Kier molecular flexibility index (Phi) is 226. The second-order valence-electron chi connectivity index (χ2n) is 0.707. The maximum atomic E-state index is 2.12. The van der Waals surface area contributed by atoms with E-state index in [9.17, 15) is 0 Å². The normalized spacial score (nSPS) is 3.00. The maximum absolute atomic E-state index is 2.12. The van der Waals surface area contributed by atoms with E-state index in [4.69, 9.17) is 0 Å². The molecule has 0 radical (unpaired) electrons. The molecule has 6 heavy (non-hydrogen) atoms. The number of rotatable bonds is 0. The monoisotopic (exact) mass is 260 g/mol. The number of hydrogen-bond acceptors (Lipinski definition) is 0. The van der Waals surface area contributed by atoms with Crippen LogP contribution < -0.4 is 0 Å². The molecule has 0 amide bonds. The van der Waals surface area contributed by atoms with E-state index in [0.717, 1.165) is 0 Å². The van der Waals surface area contributed by atoms with Gasteiger partial charge in [0.1, 0.15) is 0 Å². The van der Waals surface area contributed by atoms with Crippen molar-refractivity contribution in [2.75, 3.05) is 0 Å².